The van der Waals surface area contributed by atoms with Crippen molar-refractivity contribution in [3.63, 3.8) is 0 Å². The van der Waals surface area contributed by atoms with Crippen LogP contribution in [0.5, 0.6) is 0 Å². The second-order valence-corrected chi connectivity index (χ2v) is 4.94. The molecule has 15 heavy (non-hydrogen) atoms. The van der Waals surface area contributed by atoms with Crippen LogP contribution in [0.4, 0.5) is 0 Å². The number of nitrogens with zero attached hydrogens (tertiary/aromatic N) is 2. The molecular formula is C11H17N3S. The number of hydrogen-bond acceptors (Lipinski definition) is 4. The van der Waals surface area contributed by atoms with Crippen LogP contribution in [0.15, 0.2) is 24.5 Å². The first kappa shape index (κ1) is 10.9. The number of pyridine rings is 1. The third kappa shape index (κ3) is 2.93. The Labute approximate surface area is 95.1 Å². The summed E-state index contributed by atoms with van der Waals surface area (Å²) in [5, 5.41) is 0. The van der Waals surface area contributed by atoms with E-state index in [1.807, 2.05) is 24.2 Å². The maximum Gasteiger partial charge on any atom is 0.0312 e. The molecule has 0 radical (unpaired) electrons. The van der Waals surface area contributed by atoms with Crippen molar-refractivity contribution in [2.75, 3.05) is 24.6 Å². The van der Waals surface area contributed by atoms with Gasteiger partial charge in [0, 0.05) is 49.6 Å². The van der Waals surface area contributed by atoms with Gasteiger partial charge in [0.05, 0.1) is 0 Å². The monoisotopic (exact) mass is 223 g/mol. The molecular weight excluding hydrogens is 206 g/mol. The van der Waals surface area contributed by atoms with Crippen LogP contribution in [0.2, 0.25) is 0 Å². The number of rotatable bonds is 3. The molecule has 1 atom stereocenters. The van der Waals surface area contributed by atoms with Gasteiger partial charge in [0.2, 0.25) is 0 Å². The highest BCUT2D eigenvalue weighted by molar-refractivity contribution is 7.99. The minimum atomic E-state index is 0.539. The molecule has 2 rings (SSSR count). The number of thioether (sulfide) groups is 1. The van der Waals surface area contributed by atoms with E-state index >= 15 is 0 Å². The first-order valence-electron chi connectivity index (χ1n) is 5.31. The van der Waals surface area contributed by atoms with Crippen molar-refractivity contribution in [2.24, 2.45) is 5.73 Å². The number of aromatic nitrogens is 1. The van der Waals surface area contributed by atoms with Crippen molar-refractivity contribution in [1.29, 1.82) is 0 Å². The van der Waals surface area contributed by atoms with Gasteiger partial charge < -0.3 is 5.73 Å². The predicted octanol–water partition coefficient (Wildman–Crippen LogP) is 0.958. The van der Waals surface area contributed by atoms with E-state index in [2.05, 4.69) is 22.0 Å². The summed E-state index contributed by atoms with van der Waals surface area (Å²) in [6, 6.07) is 4.70. The molecule has 4 heteroatoms. The van der Waals surface area contributed by atoms with E-state index < -0.39 is 0 Å². The van der Waals surface area contributed by atoms with E-state index in [4.69, 9.17) is 5.73 Å². The van der Waals surface area contributed by atoms with Gasteiger partial charge in [-0.15, -0.1) is 0 Å². The Kier molecular flexibility index (Phi) is 4.00. The van der Waals surface area contributed by atoms with Gasteiger partial charge in [-0.2, -0.15) is 11.8 Å². The molecule has 1 fully saturated rings. The summed E-state index contributed by atoms with van der Waals surface area (Å²) >= 11 is 2.01. The summed E-state index contributed by atoms with van der Waals surface area (Å²) in [5.41, 5.74) is 7.11. The minimum Gasteiger partial charge on any atom is -0.329 e. The van der Waals surface area contributed by atoms with Gasteiger partial charge in [0.25, 0.3) is 0 Å². The molecule has 1 aliphatic heterocycles. The van der Waals surface area contributed by atoms with Crippen LogP contribution in [0.1, 0.15) is 5.56 Å². The summed E-state index contributed by atoms with van der Waals surface area (Å²) in [7, 11) is 0. The first-order valence-corrected chi connectivity index (χ1v) is 6.46. The van der Waals surface area contributed by atoms with Gasteiger partial charge in [-0.3, -0.25) is 9.88 Å². The lowest BCUT2D eigenvalue weighted by molar-refractivity contribution is 0.214. The molecule has 3 nitrogen and oxygen atoms in total. The van der Waals surface area contributed by atoms with Gasteiger partial charge in [-0.25, -0.2) is 0 Å². The quantitative estimate of drug-likeness (QED) is 0.829. The van der Waals surface area contributed by atoms with Crippen LogP contribution in [-0.2, 0) is 6.54 Å². The second-order valence-electron chi connectivity index (χ2n) is 3.79. The minimum absolute atomic E-state index is 0.539. The zero-order valence-electron chi connectivity index (χ0n) is 8.80. The van der Waals surface area contributed by atoms with Crippen molar-refractivity contribution in [3.8, 4) is 0 Å². The molecule has 0 bridgehead atoms. The van der Waals surface area contributed by atoms with Crippen LogP contribution in [0.25, 0.3) is 0 Å². The van der Waals surface area contributed by atoms with Gasteiger partial charge in [-0.1, -0.05) is 0 Å². The Morgan fingerprint density at radius 2 is 2.27 bits per heavy atom. The SMILES string of the molecule is NCC1CSCCN1Cc1ccncc1. The van der Waals surface area contributed by atoms with E-state index in [0.717, 1.165) is 19.6 Å². The topological polar surface area (TPSA) is 42.1 Å². The molecule has 2 heterocycles. The van der Waals surface area contributed by atoms with E-state index in [1.54, 1.807) is 0 Å². The van der Waals surface area contributed by atoms with Crippen molar-refractivity contribution in [1.82, 2.24) is 9.88 Å². The average molecular weight is 223 g/mol. The van der Waals surface area contributed by atoms with E-state index in [9.17, 15) is 0 Å². The molecule has 1 aromatic heterocycles. The fourth-order valence-electron chi connectivity index (χ4n) is 1.84. The van der Waals surface area contributed by atoms with Crippen molar-refractivity contribution in [2.45, 2.75) is 12.6 Å². The molecule has 82 valence electrons. The van der Waals surface area contributed by atoms with Crippen molar-refractivity contribution < 1.29 is 0 Å². The summed E-state index contributed by atoms with van der Waals surface area (Å²) in [5.74, 6) is 2.39. The standard InChI is InChI=1S/C11H17N3S/c12-7-11-9-15-6-5-14(11)8-10-1-3-13-4-2-10/h1-4,11H,5-9,12H2. The van der Waals surface area contributed by atoms with E-state index in [0.29, 0.717) is 6.04 Å². The fourth-order valence-corrected chi connectivity index (χ4v) is 2.99. The maximum atomic E-state index is 5.78. The first-order chi connectivity index (χ1) is 7.40. The van der Waals surface area contributed by atoms with Gasteiger partial charge >= 0.3 is 0 Å². The predicted molar refractivity (Wildman–Crippen MR) is 64.8 cm³/mol. The lowest BCUT2D eigenvalue weighted by atomic mass is 10.2. The third-order valence-corrected chi connectivity index (χ3v) is 3.85. The highest BCUT2D eigenvalue weighted by atomic mass is 32.2. The highest BCUT2D eigenvalue weighted by Gasteiger charge is 2.20. The molecule has 1 aromatic rings. The molecule has 0 saturated carbocycles. The smallest absolute Gasteiger partial charge is 0.0312 e. The van der Waals surface area contributed by atoms with E-state index in [-0.39, 0.29) is 0 Å². The largest absolute Gasteiger partial charge is 0.329 e. The Morgan fingerprint density at radius 1 is 1.47 bits per heavy atom. The van der Waals surface area contributed by atoms with Gasteiger partial charge in [-0.05, 0) is 17.7 Å². The Hall–Kier alpha value is -0.580. The molecule has 1 saturated heterocycles. The Balaban J connectivity index is 1.97. The summed E-state index contributed by atoms with van der Waals surface area (Å²) in [6.45, 7) is 2.91. The summed E-state index contributed by atoms with van der Waals surface area (Å²) < 4.78 is 0. The Bertz CT molecular complexity index is 291. The van der Waals surface area contributed by atoms with Crippen LogP contribution in [-0.4, -0.2) is 40.5 Å². The Morgan fingerprint density at radius 3 is 3.00 bits per heavy atom. The zero-order valence-corrected chi connectivity index (χ0v) is 9.62. The normalized spacial score (nSPS) is 22.9. The molecule has 2 N–H and O–H groups in total. The number of nitrogens with two attached hydrogens (primary N) is 1. The lowest BCUT2D eigenvalue weighted by Crippen LogP contribution is -2.46. The molecule has 0 amide bonds. The lowest BCUT2D eigenvalue weighted by Gasteiger charge is -2.34. The van der Waals surface area contributed by atoms with Crippen LogP contribution in [0, 0.1) is 0 Å². The van der Waals surface area contributed by atoms with E-state index in [1.165, 1.54) is 17.1 Å². The maximum absolute atomic E-state index is 5.78. The zero-order chi connectivity index (χ0) is 10.5. The van der Waals surface area contributed by atoms with Crippen LogP contribution in [0.3, 0.4) is 0 Å². The van der Waals surface area contributed by atoms with Crippen molar-refractivity contribution >= 4 is 11.8 Å². The molecule has 1 aliphatic rings. The molecule has 1 unspecified atom stereocenters. The number of hydrogen-bond donors (Lipinski definition) is 1. The average Bonchev–Trinajstić information content (AvgIpc) is 2.31. The van der Waals surface area contributed by atoms with Crippen LogP contribution >= 0.6 is 11.8 Å². The summed E-state index contributed by atoms with van der Waals surface area (Å²) in [6.07, 6.45) is 3.71. The molecule has 0 spiro atoms. The van der Waals surface area contributed by atoms with Crippen LogP contribution < -0.4 is 5.73 Å². The summed E-state index contributed by atoms with van der Waals surface area (Å²) in [4.78, 5) is 6.51. The molecule has 0 aliphatic carbocycles. The van der Waals surface area contributed by atoms with Gasteiger partial charge in [0.15, 0.2) is 0 Å². The highest BCUT2D eigenvalue weighted by Crippen LogP contribution is 2.17. The third-order valence-electron chi connectivity index (χ3n) is 2.76. The molecule has 0 aromatic carbocycles. The van der Waals surface area contributed by atoms with Crippen molar-refractivity contribution in [3.05, 3.63) is 30.1 Å². The fraction of sp³-hybridized carbons (Fsp3) is 0.545. The second kappa shape index (κ2) is 5.49. The van der Waals surface area contributed by atoms with Gasteiger partial charge in [0.1, 0.15) is 0 Å².